The molecule has 0 saturated heterocycles. The number of aromatic amines is 1. The number of hydrogen-bond acceptors (Lipinski definition) is 4. The van der Waals surface area contributed by atoms with E-state index in [2.05, 4.69) is 25.7 Å². The summed E-state index contributed by atoms with van der Waals surface area (Å²) in [5.74, 6) is -0.0242. The molecular formula is C12H15N5O. The van der Waals surface area contributed by atoms with Crippen molar-refractivity contribution in [3.8, 4) is 0 Å². The predicted molar refractivity (Wildman–Crippen MR) is 65.7 cm³/mol. The SMILES string of the molecule is CC(C)[C@@H](NC(=O)c1cn[nH]n1)c1ccccn1. The number of carbonyl (C=O) groups excluding carboxylic acids is 1. The molecule has 2 aromatic heterocycles. The lowest BCUT2D eigenvalue weighted by Gasteiger charge is -2.21. The monoisotopic (exact) mass is 245 g/mol. The highest BCUT2D eigenvalue weighted by Gasteiger charge is 2.21. The normalized spacial score (nSPS) is 12.4. The number of carbonyl (C=O) groups is 1. The number of hydrogen-bond donors (Lipinski definition) is 2. The molecule has 1 atom stereocenters. The molecule has 0 unspecified atom stereocenters. The van der Waals surface area contributed by atoms with Gasteiger partial charge in [-0.2, -0.15) is 15.4 Å². The highest BCUT2D eigenvalue weighted by molar-refractivity contribution is 5.92. The van der Waals surface area contributed by atoms with E-state index < -0.39 is 0 Å². The van der Waals surface area contributed by atoms with Gasteiger partial charge in [0.05, 0.1) is 17.9 Å². The molecule has 2 heterocycles. The van der Waals surface area contributed by atoms with Crippen molar-refractivity contribution in [3.05, 3.63) is 42.0 Å². The molecule has 0 saturated carbocycles. The van der Waals surface area contributed by atoms with Gasteiger partial charge in [-0.25, -0.2) is 0 Å². The summed E-state index contributed by atoms with van der Waals surface area (Å²) in [6, 6.07) is 5.50. The van der Waals surface area contributed by atoms with Crippen molar-refractivity contribution in [1.82, 2.24) is 25.7 Å². The standard InChI is InChI=1S/C12H15N5O/c1-8(2)11(9-5-3-4-6-13-9)15-12(18)10-7-14-17-16-10/h3-8,11H,1-2H3,(H,15,18)(H,14,16,17)/t11-/m1/s1. The molecule has 94 valence electrons. The zero-order valence-electron chi connectivity index (χ0n) is 10.3. The second-order valence-corrected chi connectivity index (χ2v) is 4.30. The molecule has 0 fully saturated rings. The van der Waals surface area contributed by atoms with E-state index in [0.29, 0.717) is 0 Å². The van der Waals surface area contributed by atoms with E-state index in [1.54, 1.807) is 6.20 Å². The van der Waals surface area contributed by atoms with E-state index in [1.807, 2.05) is 32.0 Å². The van der Waals surface area contributed by atoms with Gasteiger partial charge < -0.3 is 5.32 Å². The Bertz CT molecular complexity index is 494. The first-order chi connectivity index (χ1) is 8.68. The van der Waals surface area contributed by atoms with Crippen LogP contribution in [0.3, 0.4) is 0 Å². The van der Waals surface area contributed by atoms with E-state index in [9.17, 15) is 4.79 Å². The zero-order chi connectivity index (χ0) is 13.0. The third-order valence-electron chi connectivity index (χ3n) is 2.61. The first-order valence-corrected chi connectivity index (χ1v) is 5.76. The number of nitrogens with zero attached hydrogens (tertiary/aromatic N) is 3. The van der Waals surface area contributed by atoms with E-state index in [-0.39, 0.29) is 23.6 Å². The lowest BCUT2D eigenvalue weighted by atomic mass is 10.00. The van der Waals surface area contributed by atoms with Crippen LogP contribution in [0.1, 0.15) is 36.1 Å². The Kier molecular flexibility index (Phi) is 3.66. The molecule has 0 bridgehead atoms. The predicted octanol–water partition coefficient (Wildman–Crippen LogP) is 1.33. The minimum Gasteiger partial charge on any atom is -0.342 e. The molecule has 1 amide bonds. The number of nitrogens with one attached hydrogen (secondary N) is 2. The Labute approximate surface area is 105 Å². The van der Waals surface area contributed by atoms with Crippen LogP contribution in [0.2, 0.25) is 0 Å². The van der Waals surface area contributed by atoms with Crippen molar-refractivity contribution in [3.63, 3.8) is 0 Å². The van der Waals surface area contributed by atoms with Crippen LogP contribution in [-0.2, 0) is 0 Å². The molecule has 0 aliphatic heterocycles. The fraction of sp³-hybridized carbons (Fsp3) is 0.333. The summed E-state index contributed by atoms with van der Waals surface area (Å²) >= 11 is 0. The molecule has 6 nitrogen and oxygen atoms in total. The van der Waals surface area contributed by atoms with E-state index >= 15 is 0 Å². The maximum Gasteiger partial charge on any atom is 0.274 e. The highest BCUT2D eigenvalue weighted by Crippen LogP contribution is 2.19. The van der Waals surface area contributed by atoms with E-state index in [0.717, 1.165) is 5.69 Å². The van der Waals surface area contributed by atoms with Crippen LogP contribution >= 0.6 is 0 Å². The summed E-state index contributed by atoms with van der Waals surface area (Å²) in [6.45, 7) is 4.06. The Morgan fingerprint density at radius 3 is 2.78 bits per heavy atom. The van der Waals surface area contributed by atoms with Gasteiger partial charge in [0.15, 0.2) is 5.69 Å². The number of H-pyrrole nitrogens is 1. The van der Waals surface area contributed by atoms with Crippen LogP contribution < -0.4 is 5.32 Å². The van der Waals surface area contributed by atoms with Gasteiger partial charge in [-0.15, -0.1) is 0 Å². The van der Waals surface area contributed by atoms with Crippen LogP contribution in [0, 0.1) is 5.92 Å². The van der Waals surface area contributed by atoms with Crippen molar-refractivity contribution in [2.24, 2.45) is 5.92 Å². The molecule has 0 aromatic carbocycles. The average Bonchev–Trinajstić information content (AvgIpc) is 2.90. The molecule has 18 heavy (non-hydrogen) atoms. The molecule has 0 radical (unpaired) electrons. The second kappa shape index (κ2) is 5.39. The maximum absolute atomic E-state index is 11.9. The van der Waals surface area contributed by atoms with Crippen LogP contribution in [0.4, 0.5) is 0 Å². The zero-order valence-corrected chi connectivity index (χ0v) is 10.3. The van der Waals surface area contributed by atoms with Crippen molar-refractivity contribution in [1.29, 1.82) is 0 Å². The smallest absolute Gasteiger partial charge is 0.274 e. The highest BCUT2D eigenvalue weighted by atomic mass is 16.2. The fourth-order valence-electron chi connectivity index (χ4n) is 1.67. The van der Waals surface area contributed by atoms with E-state index in [4.69, 9.17) is 0 Å². The van der Waals surface area contributed by atoms with Crippen LogP contribution in [0.15, 0.2) is 30.6 Å². The van der Waals surface area contributed by atoms with Crippen LogP contribution in [0.5, 0.6) is 0 Å². The van der Waals surface area contributed by atoms with Crippen molar-refractivity contribution in [2.75, 3.05) is 0 Å². The fourth-order valence-corrected chi connectivity index (χ4v) is 1.67. The third kappa shape index (κ3) is 2.71. The number of pyridine rings is 1. The van der Waals surface area contributed by atoms with Gasteiger partial charge in [0.2, 0.25) is 0 Å². The lowest BCUT2D eigenvalue weighted by Crippen LogP contribution is -2.32. The molecular weight excluding hydrogens is 230 g/mol. The Balaban J connectivity index is 2.15. The summed E-state index contributed by atoms with van der Waals surface area (Å²) < 4.78 is 0. The quantitative estimate of drug-likeness (QED) is 0.851. The molecule has 0 aliphatic rings. The first kappa shape index (κ1) is 12.2. The number of aromatic nitrogens is 4. The number of rotatable bonds is 4. The van der Waals surface area contributed by atoms with Gasteiger partial charge in [-0.3, -0.25) is 9.78 Å². The summed E-state index contributed by atoms with van der Waals surface area (Å²) in [4.78, 5) is 16.2. The maximum atomic E-state index is 11.9. The minimum absolute atomic E-state index is 0.143. The lowest BCUT2D eigenvalue weighted by molar-refractivity contribution is 0.0919. The van der Waals surface area contributed by atoms with Gasteiger partial charge in [0.25, 0.3) is 5.91 Å². The first-order valence-electron chi connectivity index (χ1n) is 5.76. The summed E-state index contributed by atoms with van der Waals surface area (Å²) in [7, 11) is 0. The van der Waals surface area contributed by atoms with E-state index in [1.165, 1.54) is 6.20 Å². The van der Waals surface area contributed by atoms with Crippen molar-refractivity contribution >= 4 is 5.91 Å². The third-order valence-corrected chi connectivity index (χ3v) is 2.61. The molecule has 2 rings (SSSR count). The van der Waals surface area contributed by atoms with Gasteiger partial charge in [-0.1, -0.05) is 19.9 Å². The molecule has 2 N–H and O–H groups in total. The van der Waals surface area contributed by atoms with Crippen molar-refractivity contribution in [2.45, 2.75) is 19.9 Å². The molecule has 0 aliphatic carbocycles. The van der Waals surface area contributed by atoms with Crippen molar-refractivity contribution < 1.29 is 4.79 Å². The minimum atomic E-state index is -0.256. The second-order valence-electron chi connectivity index (χ2n) is 4.30. The summed E-state index contributed by atoms with van der Waals surface area (Å²) in [5.41, 5.74) is 1.11. The molecule has 6 heteroatoms. The Morgan fingerprint density at radius 1 is 1.39 bits per heavy atom. The Morgan fingerprint density at radius 2 is 2.22 bits per heavy atom. The summed E-state index contributed by atoms with van der Waals surface area (Å²) in [5, 5.41) is 12.7. The molecule has 0 spiro atoms. The van der Waals surface area contributed by atoms with Crippen LogP contribution in [0.25, 0.3) is 0 Å². The Hall–Kier alpha value is -2.24. The topological polar surface area (TPSA) is 83.6 Å². The average molecular weight is 245 g/mol. The van der Waals surface area contributed by atoms with Gasteiger partial charge in [-0.05, 0) is 18.1 Å². The molecule has 2 aromatic rings. The van der Waals surface area contributed by atoms with Gasteiger partial charge in [0.1, 0.15) is 0 Å². The largest absolute Gasteiger partial charge is 0.342 e. The van der Waals surface area contributed by atoms with Gasteiger partial charge >= 0.3 is 0 Å². The van der Waals surface area contributed by atoms with Crippen LogP contribution in [-0.4, -0.2) is 26.3 Å². The number of amides is 1. The summed E-state index contributed by atoms with van der Waals surface area (Å²) in [6.07, 6.45) is 3.11. The van der Waals surface area contributed by atoms with Gasteiger partial charge in [0, 0.05) is 6.20 Å².